The zero-order valence-corrected chi connectivity index (χ0v) is 5.70. The van der Waals surface area contributed by atoms with Crippen LogP contribution in [0.5, 0.6) is 0 Å². The first-order valence-electron chi connectivity index (χ1n) is 3.21. The van der Waals surface area contributed by atoms with Crippen LogP contribution in [0, 0.1) is 0 Å². The molecule has 2 heteroatoms. The van der Waals surface area contributed by atoms with Gasteiger partial charge in [-0.1, -0.05) is 24.3 Å². The maximum Gasteiger partial charge on any atom is 0.0823 e. The van der Waals surface area contributed by atoms with Crippen molar-refractivity contribution in [1.82, 2.24) is 0 Å². The van der Waals surface area contributed by atoms with Crippen LogP contribution in [0.2, 0.25) is 0 Å². The molecule has 0 aromatic carbocycles. The molecule has 2 N–H and O–H groups in total. The molecule has 0 atom stereocenters. The average molecular weight is 134 g/mol. The van der Waals surface area contributed by atoms with Gasteiger partial charge in [0, 0.05) is 0 Å². The van der Waals surface area contributed by atoms with Crippen molar-refractivity contribution in [2.75, 3.05) is 0 Å². The number of allylic oxidation sites excluding steroid dienone is 6. The Morgan fingerprint density at radius 3 is 2.90 bits per heavy atom. The number of hydrogen-bond acceptors (Lipinski definition) is 2. The molecule has 0 aromatic heterocycles. The second-order valence-corrected chi connectivity index (χ2v) is 1.98. The minimum absolute atomic E-state index is 0.810. The van der Waals surface area contributed by atoms with Crippen molar-refractivity contribution in [1.29, 1.82) is 0 Å². The fourth-order valence-corrected chi connectivity index (χ4v) is 0.720. The summed E-state index contributed by atoms with van der Waals surface area (Å²) in [7, 11) is 0. The van der Waals surface area contributed by atoms with E-state index in [0.717, 1.165) is 12.1 Å². The van der Waals surface area contributed by atoms with Crippen molar-refractivity contribution in [3.05, 3.63) is 36.5 Å². The topological polar surface area (TPSA) is 38.4 Å². The molecule has 0 bridgehead atoms. The SMILES string of the molecule is N/N=C1\C=C/C=C\C/C=C\1. The van der Waals surface area contributed by atoms with E-state index < -0.39 is 0 Å². The molecule has 0 spiro atoms. The molecule has 0 saturated carbocycles. The van der Waals surface area contributed by atoms with Crippen LogP contribution >= 0.6 is 0 Å². The Balaban J connectivity index is 2.78. The number of nitrogens with zero attached hydrogens (tertiary/aromatic N) is 1. The number of hydrogen-bond donors (Lipinski definition) is 1. The Kier molecular flexibility index (Phi) is 2.49. The van der Waals surface area contributed by atoms with Gasteiger partial charge in [0.25, 0.3) is 0 Å². The molecule has 0 radical (unpaired) electrons. The summed E-state index contributed by atoms with van der Waals surface area (Å²) in [6, 6.07) is 0. The van der Waals surface area contributed by atoms with Gasteiger partial charge in [-0.05, 0) is 18.6 Å². The van der Waals surface area contributed by atoms with Gasteiger partial charge in [0.05, 0.1) is 5.71 Å². The summed E-state index contributed by atoms with van der Waals surface area (Å²) in [5.41, 5.74) is 0.810. The van der Waals surface area contributed by atoms with Crippen LogP contribution < -0.4 is 5.84 Å². The first kappa shape index (κ1) is 6.81. The van der Waals surface area contributed by atoms with E-state index in [-0.39, 0.29) is 0 Å². The molecular formula is C8H10N2. The summed E-state index contributed by atoms with van der Waals surface area (Å²) in [5.74, 6) is 5.09. The molecule has 0 saturated heterocycles. The molecule has 0 aliphatic heterocycles. The van der Waals surface area contributed by atoms with Gasteiger partial charge >= 0.3 is 0 Å². The highest BCUT2D eigenvalue weighted by Gasteiger charge is 1.85. The third-order valence-corrected chi connectivity index (χ3v) is 1.22. The van der Waals surface area contributed by atoms with Crippen molar-refractivity contribution in [2.24, 2.45) is 10.9 Å². The molecule has 10 heavy (non-hydrogen) atoms. The van der Waals surface area contributed by atoms with Crippen LogP contribution in [0.15, 0.2) is 41.6 Å². The van der Waals surface area contributed by atoms with Crippen LogP contribution in [0.3, 0.4) is 0 Å². The summed E-state index contributed by atoms with van der Waals surface area (Å²) in [5, 5.41) is 3.56. The third kappa shape index (κ3) is 1.90. The van der Waals surface area contributed by atoms with Crippen LogP contribution in [0.4, 0.5) is 0 Å². The van der Waals surface area contributed by atoms with E-state index in [1.54, 1.807) is 0 Å². The molecule has 0 unspecified atom stereocenters. The molecule has 1 aliphatic carbocycles. The van der Waals surface area contributed by atoms with Crippen molar-refractivity contribution < 1.29 is 0 Å². The first-order valence-corrected chi connectivity index (χ1v) is 3.21. The number of rotatable bonds is 0. The molecule has 0 aromatic rings. The molecule has 52 valence electrons. The lowest BCUT2D eigenvalue weighted by atomic mass is 10.2. The standard InChI is InChI=1S/C8H10N2/c9-10-8-6-4-2-1-3-5-7-8/h1-2,4-7H,3,9H2/b2-1-,6-4-,7-5-,10-8+. The predicted octanol–water partition coefficient (Wildman–Crippen LogP) is 1.37. The normalized spacial score (nSPS) is 30.6. The Hall–Kier alpha value is -1.31. The lowest BCUT2D eigenvalue weighted by Crippen LogP contribution is -1.93. The van der Waals surface area contributed by atoms with Crippen LogP contribution in [0.25, 0.3) is 0 Å². The summed E-state index contributed by atoms with van der Waals surface area (Å²) in [6.07, 6.45) is 12.7. The zero-order chi connectivity index (χ0) is 7.23. The fourth-order valence-electron chi connectivity index (χ4n) is 0.720. The smallest absolute Gasteiger partial charge is 0.0823 e. The Labute approximate surface area is 60.4 Å². The van der Waals surface area contributed by atoms with Crippen molar-refractivity contribution in [3.63, 3.8) is 0 Å². The largest absolute Gasteiger partial charge is 0.323 e. The van der Waals surface area contributed by atoms with Gasteiger partial charge in [-0.2, -0.15) is 5.10 Å². The highest BCUT2D eigenvalue weighted by Crippen LogP contribution is 1.94. The van der Waals surface area contributed by atoms with Crippen LogP contribution in [-0.4, -0.2) is 5.71 Å². The molecule has 1 rings (SSSR count). The summed E-state index contributed by atoms with van der Waals surface area (Å²) in [4.78, 5) is 0. The second-order valence-electron chi connectivity index (χ2n) is 1.98. The van der Waals surface area contributed by atoms with Gasteiger partial charge in [0.1, 0.15) is 0 Å². The van der Waals surface area contributed by atoms with E-state index in [4.69, 9.17) is 5.84 Å². The van der Waals surface area contributed by atoms with E-state index in [1.165, 1.54) is 0 Å². The maximum absolute atomic E-state index is 5.09. The monoisotopic (exact) mass is 134 g/mol. The molecule has 0 fully saturated rings. The van der Waals surface area contributed by atoms with E-state index in [9.17, 15) is 0 Å². The molecular weight excluding hydrogens is 124 g/mol. The third-order valence-electron chi connectivity index (χ3n) is 1.22. The minimum Gasteiger partial charge on any atom is -0.323 e. The van der Waals surface area contributed by atoms with Gasteiger partial charge in [-0.25, -0.2) is 0 Å². The maximum atomic E-state index is 5.09. The molecule has 1 aliphatic rings. The van der Waals surface area contributed by atoms with Crippen molar-refractivity contribution >= 4 is 5.71 Å². The van der Waals surface area contributed by atoms with Gasteiger partial charge < -0.3 is 5.84 Å². The second kappa shape index (κ2) is 3.67. The Morgan fingerprint density at radius 1 is 1.20 bits per heavy atom. The van der Waals surface area contributed by atoms with Crippen LogP contribution in [-0.2, 0) is 0 Å². The fraction of sp³-hybridized carbons (Fsp3) is 0.125. The van der Waals surface area contributed by atoms with Gasteiger partial charge in [0.15, 0.2) is 0 Å². The quantitative estimate of drug-likeness (QED) is 0.394. The average Bonchev–Trinajstić information content (AvgIpc) is 1.87. The Bertz CT molecular complexity index is 209. The first-order chi connectivity index (χ1) is 4.93. The zero-order valence-electron chi connectivity index (χ0n) is 5.70. The van der Waals surface area contributed by atoms with E-state index in [2.05, 4.69) is 11.2 Å². The number of hydrazone groups is 1. The van der Waals surface area contributed by atoms with E-state index >= 15 is 0 Å². The highest BCUT2D eigenvalue weighted by atomic mass is 15.1. The Morgan fingerprint density at radius 2 is 2.10 bits per heavy atom. The molecule has 0 amide bonds. The van der Waals surface area contributed by atoms with E-state index in [1.807, 2.05) is 30.4 Å². The minimum atomic E-state index is 0.810. The molecule has 0 heterocycles. The summed E-state index contributed by atoms with van der Waals surface area (Å²) in [6.45, 7) is 0. The highest BCUT2D eigenvalue weighted by molar-refractivity contribution is 6.03. The van der Waals surface area contributed by atoms with Crippen LogP contribution in [0.1, 0.15) is 6.42 Å². The molecule has 2 nitrogen and oxygen atoms in total. The lowest BCUT2D eigenvalue weighted by molar-refractivity contribution is 1.25. The van der Waals surface area contributed by atoms with Gasteiger partial charge in [-0.3, -0.25) is 0 Å². The summed E-state index contributed by atoms with van der Waals surface area (Å²) < 4.78 is 0. The summed E-state index contributed by atoms with van der Waals surface area (Å²) >= 11 is 0. The van der Waals surface area contributed by atoms with Gasteiger partial charge in [0.2, 0.25) is 0 Å². The lowest BCUT2D eigenvalue weighted by Gasteiger charge is -1.90. The van der Waals surface area contributed by atoms with Gasteiger partial charge in [-0.15, -0.1) is 0 Å². The van der Waals surface area contributed by atoms with Crippen molar-refractivity contribution in [3.8, 4) is 0 Å². The number of nitrogens with two attached hydrogens (primary N) is 1. The van der Waals surface area contributed by atoms with Crippen molar-refractivity contribution in [2.45, 2.75) is 6.42 Å². The predicted molar refractivity (Wildman–Crippen MR) is 43.7 cm³/mol. The van der Waals surface area contributed by atoms with E-state index in [0.29, 0.717) is 0 Å².